The van der Waals surface area contributed by atoms with Crippen molar-refractivity contribution in [3.63, 3.8) is 0 Å². The predicted octanol–water partition coefficient (Wildman–Crippen LogP) is 4.99. The van der Waals surface area contributed by atoms with Crippen LogP contribution >= 0.6 is 15.9 Å². The van der Waals surface area contributed by atoms with Crippen molar-refractivity contribution in [2.24, 2.45) is 0 Å². The molecule has 0 aliphatic carbocycles. The molecule has 0 N–H and O–H groups in total. The maximum atomic E-state index is 4.77. The van der Waals surface area contributed by atoms with E-state index in [4.69, 9.17) is 4.98 Å². The molecule has 1 unspecified atom stereocenters. The van der Waals surface area contributed by atoms with Crippen LogP contribution < -0.4 is 0 Å². The fraction of sp³-hybridized carbons (Fsp3) is 0.0909. The third-order valence-electron chi connectivity index (χ3n) is 4.52. The Morgan fingerprint density at radius 1 is 0.593 bits per heavy atom. The SMILES string of the molecule is Brc1cccc(C(c2cccnc2)C(c2cccnc2)c2cccnc2)n1. The lowest BCUT2D eigenvalue weighted by Crippen LogP contribution is -2.16. The van der Waals surface area contributed by atoms with Crippen LogP contribution in [-0.4, -0.2) is 19.9 Å². The van der Waals surface area contributed by atoms with Crippen molar-refractivity contribution < 1.29 is 0 Å². The highest BCUT2D eigenvalue weighted by molar-refractivity contribution is 9.10. The van der Waals surface area contributed by atoms with E-state index in [1.165, 1.54) is 0 Å². The van der Waals surface area contributed by atoms with E-state index in [2.05, 4.69) is 55.1 Å². The van der Waals surface area contributed by atoms with Gasteiger partial charge >= 0.3 is 0 Å². The summed E-state index contributed by atoms with van der Waals surface area (Å²) in [6.07, 6.45) is 11.1. The molecule has 5 heteroatoms. The van der Waals surface area contributed by atoms with Crippen molar-refractivity contribution in [3.8, 4) is 0 Å². The van der Waals surface area contributed by atoms with Crippen molar-refractivity contribution in [1.82, 2.24) is 19.9 Å². The molecule has 0 fully saturated rings. The molecule has 27 heavy (non-hydrogen) atoms. The van der Waals surface area contributed by atoms with Gasteiger partial charge in [0.1, 0.15) is 4.60 Å². The van der Waals surface area contributed by atoms with Gasteiger partial charge in [-0.1, -0.05) is 24.3 Å². The van der Waals surface area contributed by atoms with Gasteiger partial charge in [-0.15, -0.1) is 0 Å². The van der Waals surface area contributed by atoms with E-state index in [0.717, 1.165) is 27.0 Å². The zero-order chi connectivity index (χ0) is 18.5. The molecule has 4 nitrogen and oxygen atoms in total. The first-order valence-corrected chi connectivity index (χ1v) is 9.44. The van der Waals surface area contributed by atoms with Crippen molar-refractivity contribution in [2.45, 2.75) is 11.8 Å². The normalized spacial score (nSPS) is 12.1. The maximum absolute atomic E-state index is 4.77. The molecule has 0 aliphatic heterocycles. The minimum Gasteiger partial charge on any atom is -0.264 e. The summed E-state index contributed by atoms with van der Waals surface area (Å²) in [5.74, 6) is -0.0111. The first kappa shape index (κ1) is 17.5. The number of hydrogen-bond donors (Lipinski definition) is 0. The smallest absolute Gasteiger partial charge is 0.106 e. The van der Waals surface area contributed by atoms with Crippen LogP contribution in [-0.2, 0) is 0 Å². The first-order valence-electron chi connectivity index (χ1n) is 8.65. The van der Waals surface area contributed by atoms with Crippen molar-refractivity contribution in [2.75, 3.05) is 0 Å². The standard InChI is InChI=1S/C22H17BrN4/c23-20-9-1-8-19(27-20)22(18-7-4-12-26-15-18)21(16-5-2-10-24-13-16)17-6-3-11-25-14-17/h1-15,21-22H. The highest BCUT2D eigenvalue weighted by Crippen LogP contribution is 2.41. The van der Waals surface area contributed by atoms with Crippen LogP contribution in [0.4, 0.5) is 0 Å². The Morgan fingerprint density at radius 3 is 1.56 bits per heavy atom. The first-order chi connectivity index (χ1) is 13.3. The molecule has 4 rings (SSSR count). The molecule has 4 aromatic rings. The third-order valence-corrected chi connectivity index (χ3v) is 4.96. The minimum absolute atomic E-state index is 0.0124. The largest absolute Gasteiger partial charge is 0.264 e. The third kappa shape index (κ3) is 3.93. The van der Waals surface area contributed by atoms with Crippen LogP contribution in [0.1, 0.15) is 34.2 Å². The highest BCUT2D eigenvalue weighted by atomic mass is 79.9. The van der Waals surface area contributed by atoms with Gasteiger partial charge < -0.3 is 0 Å². The van der Waals surface area contributed by atoms with Gasteiger partial charge in [0, 0.05) is 49.0 Å². The van der Waals surface area contributed by atoms with Crippen LogP contribution in [0.25, 0.3) is 0 Å². The van der Waals surface area contributed by atoms with Crippen LogP contribution in [0.3, 0.4) is 0 Å². The molecule has 4 heterocycles. The summed E-state index contributed by atoms with van der Waals surface area (Å²) in [6, 6.07) is 18.2. The second kappa shape index (κ2) is 8.18. The summed E-state index contributed by atoms with van der Waals surface area (Å²) in [4.78, 5) is 17.8. The van der Waals surface area contributed by atoms with Crippen LogP contribution in [0.15, 0.2) is 96.4 Å². The van der Waals surface area contributed by atoms with E-state index in [-0.39, 0.29) is 11.8 Å². The molecule has 0 aliphatic rings. The minimum atomic E-state index is -0.0235. The number of pyridine rings is 4. The molecule has 4 aromatic heterocycles. The van der Waals surface area contributed by atoms with Gasteiger partial charge in [-0.25, -0.2) is 4.98 Å². The molecule has 0 bridgehead atoms. The lowest BCUT2D eigenvalue weighted by Gasteiger charge is -2.28. The van der Waals surface area contributed by atoms with Gasteiger partial charge in [-0.05, 0) is 63.0 Å². The van der Waals surface area contributed by atoms with E-state index in [9.17, 15) is 0 Å². The van der Waals surface area contributed by atoms with Crippen LogP contribution in [0.5, 0.6) is 0 Å². The number of rotatable bonds is 5. The monoisotopic (exact) mass is 416 g/mol. The van der Waals surface area contributed by atoms with Gasteiger partial charge in [0.25, 0.3) is 0 Å². The van der Waals surface area contributed by atoms with Gasteiger partial charge in [-0.3, -0.25) is 15.0 Å². The summed E-state index contributed by atoms with van der Waals surface area (Å²) in [7, 11) is 0. The van der Waals surface area contributed by atoms with Gasteiger partial charge in [0.15, 0.2) is 0 Å². The van der Waals surface area contributed by atoms with E-state index < -0.39 is 0 Å². The number of nitrogens with zero attached hydrogens (tertiary/aromatic N) is 4. The Bertz CT molecular complexity index is 955. The van der Waals surface area contributed by atoms with E-state index >= 15 is 0 Å². The van der Waals surface area contributed by atoms with E-state index in [0.29, 0.717) is 0 Å². The Labute approximate surface area is 166 Å². The lowest BCUT2D eigenvalue weighted by molar-refractivity contribution is 0.666. The predicted molar refractivity (Wildman–Crippen MR) is 108 cm³/mol. The van der Waals surface area contributed by atoms with Crippen LogP contribution in [0.2, 0.25) is 0 Å². The van der Waals surface area contributed by atoms with E-state index in [1.807, 2.05) is 48.9 Å². The van der Waals surface area contributed by atoms with Gasteiger partial charge in [-0.2, -0.15) is 0 Å². The zero-order valence-corrected chi connectivity index (χ0v) is 16.1. The average molecular weight is 417 g/mol. The quantitative estimate of drug-likeness (QED) is 0.429. The van der Waals surface area contributed by atoms with Crippen LogP contribution in [0, 0.1) is 0 Å². The Hall–Kier alpha value is -2.92. The molecule has 0 aromatic carbocycles. The number of hydrogen-bond acceptors (Lipinski definition) is 4. The highest BCUT2D eigenvalue weighted by Gasteiger charge is 2.30. The molecule has 0 amide bonds. The number of aromatic nitrogens is 4. The summed E-state index contributed by atoms with van der Waals surface area (Å²) in [5.41, 5.74) is 4.29. The topological polar surface area (TPSA) is 51.6 Å². The Morgan fingerprint density at radius 2 is 1.11 bits per heavy atom. The van der Waals surface area contributed by atoms with Crippen molar-refractivity contribution >= 4 is 15.9 Å². The van der Waals surface area contributed by atoms with Crippen molar-refractivity contribution in [1.29, 1.82) is 0 Å². The lowest BCUT2D eigenvalue weighted by atomic mass is 9.76. The fourth-order valence-corrected chi connectivity index (χ4v) is 3.75. The summed E-state index contributed by atoms with van der Waals surface area (Å²) >= 11 is 3.51. The second-order valence-corrected chi connectivity index (χ2v) is 7.01. The molecule has 0 radical (unpaired) electrons. The van der Waals surface area contributed by atoms with Gasteiger partial charge in [0.2, 0.25) is 0 Å². The zero-order valence-electron chi connectivity index (χ0n) is 14.5. The Kier molecular flexibility index (Phi) is 5.30. The fourth-order valence-electron chi connectivity index (χ4n) is 3.39. The van der Waals surface area contributed by atoms with Gasteiger partial charge in [0.05, 0.1) is 5.69 Å². The molecule has 1 atom stereocenters. The summed E-state index contributed by atoms with van der Waals surface area (Å²) in [6.45, 7) is 0. The molecule has 0 saturated heterocycles. The maximum Gasteiger partial charge on any atom is 0.106 e. The number of halogens is 1. The molecule has 0 saturated carbocycles. The summed E-state index contributed by atoms with van der Waals surface area (Å²) in [5, 5.41) is 0. The molecular weight excluding hydrogens is 400 g/mol. The van der Waals surface area contributed by atoms with E-state index in [1.54, 1.807) is 18.6 Å². The molecule has 132 valence electrons. The molecular formula is C22H17BrN4. The van der Waals surface area contributed by atoms with Crippen molar-refractivity contribution in [3.05, 3.63) is 119 Å². The Balaban J connectivity index is 1.94. The second-order valence-electron chi connectivity index (χ2n) is 6.20. The average Bonchev–Trinajstić information content (AvgIpc) is 2.74. The summed E-state index contributed by atoms with van der Waals surface area (Å²) < 4.78 is 0.810. The molecule has 0 spiro atoms.